The van der Waals surface area contributed by atoms with E-state index in [0.717, 1.165) is 12.3 Å². The summed E-state index contributed by atoms with van der Waals surface area (Å²) >= 11 is 1.79. The summed E-state index contributed by atoms with van der Waals surface area (Å²) in [5, 5.41) is 2.12. The van der Waals surface area contributed by atoms with Crippen LogP contribution in [-0.4, -0.2) is 24.6 Å². The lowest BCUT2D eigenvalue weighted by atomic mass is 10.0. The van der Waals surface area contributed by atoms with Gasteiger partial charge in [-0.05, 0) is 43.0 Å². The summed E-state index contributed by atoms with van der Waals surface area (Å²) in [6, 6.07) is 13.1. The Balaban J connectivity index is 2.26. The molecule has 2 aromatic rings. The monoisotopic (exact) mass is 304 g/mol. The van der Waals surface area contributed by atoms with Gasteiger partial charge in [0.15, 0.2) is 0 Å². The second-order valence-electron chi connectivity index (χ2n) is 5.37. The third-order valence-corrected chi connectivity index (χ3v) is 4.55. The van der Waals surface area contributed by atoms with Crippen molar-refractivity contribution in [2.45, 2.75) is 32.5 Å². The zero-order valence-corrected chi connectivity index (χ0v) is 13.8. The summed E-state index contributed by atoms with van der Waals surface area (Å²) in [5.41, 5.74) is 7.30. The molecule has 0 aliphatic rings. The van der Waals surface area contributed by atoms with Crippen LogP contribution in [-0.2, 0) is 6.54 Å². The van der Waals surface area contributed by atoms with E-state index in [-0.39, 0.29) is 6.04 Å². The highest BCUT2D eigenvalue weighted by atomic mass is 32.1. The molecule has 1 aromatic heterocycles. The van der Waals surface area contributed by atoms with E-state index in [9.17, 15) is 0 Å². The quantitative estimate of drug-likeness (QED) is 0.848. The Morgan fingerprint density at radius 3 is 2.62 bits per heavy atom. The first-order valence-corrected chi connectivity index (χ1v) is 8.15. The van der Waals surface area contributed by atoms with E-state index >= 15 is 0 Å². The van der Waals surface area contributed by atoms with E-state index in [1.165, 1.54) is 10.4 Å². The van der Waals surface area contributed by atoms with E-state index < -0.39 is 0 Å². The van der Waals surface area contributed by atoms with Crippen LogP contribution in [0.5, 0.6) is 5.75 Å². The molecule has 114 valence electrons. The minimum absolute atomic E-state index is 0.196. The van der Waals surface area contributed by atoms with Crippen molar-refractivity contribution in [3.63, 3.8) is 0 Å². The maximum Gasteiger partial charge on any atom is 0.119 e. The van der Waals surface area contributed by atoms with Crippen molar-refractivity contribution in [2.24, 2.45) is 5.73 Å². The Morgan fingerprint density at radius 2 is 2.05 bits per heavy atom. The molecule has 0 bridgehead atoms. The Morgan fingerprint density at radius 1 is 1.24 bits per heavy atom. The highest BCUT2D eigenvalue weighted by Gasteiger charge is 2.22. The van der Waals surface area contributed by atoms with E-state index in [4.69, 9.17) is 10.5 Å². The van der Waals surface area contributed by atoms with Crippen molar-refractivity contribution in [1.82, 2.24) is 4.90 Å². The minimum Gasteiger partial charge on any atom is -0.497 e. The summed E-state index contributed by atoms with van der Waals surface area (Å²) in [7, 11) is 1.70. The third kappa shape index (κ3) is 4.06. The van der Waals surface area contributed by atoms with Gasteiger partial charge in [0.05, 0.1) is 7.11 Å². The highest BCUT2D eigenvalue weighted by molar-refractivity contribution is 7.09. The molecule has 0 amide bonds. The molecule has 1 atom stereocenters. The number of nitrogens with two attached hydrogens (primary N) is 1. The molecule has 0 aliphatic heterocycles. The molecule has 21 heavy (non-hydrogen) atoms. The fourth-order valence-corrected chi connectivity index (χ4v) is 3.26. The van der Waals surface area contributed by atoms with Gasteiger partial charge >= 0.3 is 0 Å². The number of ether oxygens (including phenoxy) is 1. The van der Waals surface area contributed by atoms with Crippen LogP contribution in [0.1, 0.15) is 30.3 Å². The smallest absolute Gasteiger partial charge is 0.119 e. The van der Waals surface area contributed by atoms with Crippen LogP contribution >= 0.6 is 11.3 Å². The van der Waals surface area contributed by atoms with Crippen LogP contribution in [0.25, 0.3) is 0 Å². The highest BCUT2D eigenvalue weighted by Crippen LogP contribution is 2.27. The Hall–Kier alpha value is -1.36. The second-order valence-corrected chi connectivity index (χ2v) is 6.41. The fraction of sp³-hybridized carbons (Fsp3) is 0.412. The van der Waals surface area contributed by atoms with E-state index in [1.54, 1.807) is 18.4 Å². The standard InChI is InChI=1S/C17H24N2OS/c1-13(2)19(12-16-8-5-9-21-16)17(11-18)14-6-4-7-15(10-14)20-3/h4-10,13,17H,11-12,18H2,1-3H3. The SMILES string of the molecule is COc1cccc(C(CN)N(Cc2cccs2)C(C)C)c1. The van der Waals surface area contributed by atoms with E-state index in [0.29, 0.717) is 12.6 Å². The zero-order valence-electron chi connectivity index (χ0n) is 13.0. The van der Waals surface area contributed by atoms with Gasteiger partial charge in [-0.25, -0.2) is 0 Å². The molecule has 0 saturated heterocycles. The first-order chi connectivity index (χ1) is 10.2. The molecule has 0 radical (unpaired) electrons. The maximum absolute atomic E-state index is 6.08. The number of thiophene rings is 1. The molecule has 1 unspecified atom stereocenters. The van der Waals surface area contributed by atoms with Crippen molar-refractivity contribution in [3.8, 4) is 5.75 Å². The average molecular weight is 304 g/mol. The van der Waals surface area contributed by atoms with E-state index in [2.05, 4.69) is 48.4 Å². The Kier molecular flexibility index (Phi) is 5.79. The number of rotatable bonds is 7. The summed E-state index contributed by atoms with van der Waals surface area (Å²) in [6.07, 6.45) is 0. The van der Waals surface area contributed by atoms with Gasteiger partial charge in [-0.3, -0.25) is 4.90 Å². The Labute approximate surface area is 131 Å². The third-order valence-electron chi connectivity index (χ3n) is 3.68. The van der Waals surface area contributed by atoms with Crippen molar-refractivity contribution >= 4 is 11.3 Å². The molecule has 1 aromatic carbocycles. The number of benzene rings is 1. The van der Waals surface area contributed by atoms with Crippen molar-refractivity contribution in [2.75, 3.05) is 13.7 Å². The predicted octanol–water partition coefficient (Wildman–Crippen LogP) is 3.67. The molecule has 0 aliphatic carbocycles. The number of nitrogens with zero attached hydrogens (tertiary/aromatic N) is 1. The first kappa shape index (κ1) is 16.0. The van der Waals surface area contributed by atoms with Gasteiger partial charge in [-0.15, -0.1) is 11.3 Å². The van der Waals surface area contributed by atoms with Crippen molar-refractivity contribution in [1.29, 1.82) is 0 Å². The lowest BCUT2D eigenvalue weighted by Gasteiger charge is -2.34. The average Bonchev–Trinajstić information content (AvgIpc) is 3.00. The van der Waals surface area contributed by atoms with Gasteiger partial charge in [0.25, 0.3) is 0 Å². The molecule has 1 heterocycles. The zero-order chi connectivity index (χ0) is 15.2. The normalized spacial score (nSPS) is 12.9. The maximum atomic E-state index is 6.08. The lowest BCUT2D eigenvalue weighted by molar-refractivity contribution is 0.149. The van der Waals surface area contributed by atoms with Crippen LogP contribution in [0.2, 0.25) is 0 Å². The molecule has 0 saturated carbocycles. The predicted molar refractivity (Wildman–Crippen MR) is 89.8 cm³/mol. The molecule has 0 spiro atoms. The van der Waals surface area contributed by atoms with Gasteiger partial charge in [0, 0.05) is 30.1 Å². The van der Waals surface area contributed by atoms with E-state index in [1.807, 2.05) is 12.1 Å². The van der Waals surface area contributed by atoms with Gasteiger partial charge in [-0.1, -0.05) is 18.2 Å². The summed E-state index contributed by atoms with van der Waals surface area (Å²) < 4.78 is 5.34. The fourth-order valence-electron chi connectivity index (χ4n) is 2.55. The topological polar surface area (TPSA) is 38.5 Å². The van der Waals surface area contributed by atoms with Gasteiger partial charge < -0.3 is 10.5 Å². The molecule has 4 heteroatoms. The Bertz CT molecular complexity index is 539. The van der Waals surface area contributed by atoms with Crippen LogP contribution in [0.15, 0.2) is 41.8 Å². The summed E-state index contributed by atoms with van der Waals surface area (Å²) in [5.74, 6) is 0.880. The first-order valence-electron chi connectivity index (χ1n) is 7.27. The largest absolute Gasteiger partial charge is 0.497 e. The minimum atomic E-state index is 0.196. The molecular weight excluding hydrogens is 280 g/mol. The number of hydrogen-bond acceptors (Lipinski definition) is 4. The van der Waals surface area contributed by atoms with Crippen molar-refractivity contribution < 1.29 is 4.74 Å². The van der Waals surface area contributed by atoms with Gasteiger partial charge in [-0.2, -0.15) is 0 Å². The van der Waals surface area contributed by atoms with Crippen LogP contribution in [0.3, 0.4) is 0 Å². The lowest BCUT2D eigenvalue weighted by Crippen LogP contribution is -2.38. The molecule has 2 N–H and O–H groups in total. The second kappa shape index (κ2) is 7.59. The van der Waals surface area contributed by atoms with Crippen molar-refractivity contribution in [3.05, 3.63) is 52.2 Å². The molecule has 0 fully saturated rings. The number of hydrogen-bond donors (Lipinski definition) is 1. The molecule has 2 rings (SSSR count). The molecular formula is C17H24N2OS. The van der Waals surface area contributed by atoms with Gasteiger partial charge in [0.2, 0.25) is 0 Å². The van der Waals surface area contributed by atoms with Crippen LogP contribution < -0.4 is 10.5 Å². The summed E-state index contributed by atoms with van der Waals surface area (Å²) in [6.45, 7) is 5.96. The molecule has 3 nitrogen and oxygen atoms in total. The summed E-state index contributed by atoms with van der Waals surface area (Å²) in [4.78, 5) is 3.81. The van der Waals surface area contributed by atoms with Crippen LogP contribution in [0.4, 0.5) is 0 Å². The number of methoxy groups -OCH3 is 1. The van der Waals surface area contributed by atoms with Crippen LogP contribution in [0, 0.1) is 0 Å². The van der Waals surface area contributed by atoms with Gasteiger partial charge in [0.1, 0.15) is 5.75 Å².